The molecule has 0 aliphatic heterocycles. The van der Waals surface area contributed by atoms with Gasteiger partial charge in [0.1, 0.15) is 5.75 Å². The van der Waals surface area contributed by atoms with E-state index < -0.39 is 0 Å². The van der Waals surface area contributed by atoms with E-state index in [1.165, 1.54) is 0 Å². The Labute approximate surface area is 177 Å². The van der Waals surface area contributed by atoms with Crippen molar-refractivity contribution in [2.75, 3.05) is 6.54 Å². The molecule has 0 spiro atoms. The Morgan fingerprint density at radius 3 is 2.41 bits per heavy atom. The Morgan fingerprint density at radius 2 is 1.76 bits per heavy atom. The van der Waals surface area contributed by atoms with Crippen LogP contribution in [0.2, 0.25) is 5.02 Å². The van der Waals surface area contributed by atoms with E-state index in [1.807, 2.05) is 73.7 Å². The van der Waals surface area contributed by atoms with Crippen LogP contribution in [0.4, 0.5) is 0 Å². The molecule has 1 unspecified atom stereocenters. The molecule has 0 heterocycles. The number of halogens is 1. The molecule has 3 aromatic rings. The van der Waals surface area contributed by atoms with Crippen LogP contribution in [-0.2, 0) is 0 Å². The number of phenols is 1. The first-order valence-electron chi connectivity index (χ1n) is 9.87. The summed E-state index contributed by atoms with van der Waals surface area (Å²) in [5.74, 6) is 0.220. The van der Waals surface area contributed by atoms with Crippen molar-refractivity contribution < 1.29 is 5.11 Å². The number of hydrogen-bond acceptors (Lipinski definition) is 2. The topological polar surface area (TPSA) is 32.6 Å². The zero-order chi connectivity index (χ0) is 20.8. The molecule has 0 bridgehead atoms. The largest absolute Gasteiger partial charge is 0.507 e. The van der Waals surface area contributed by atoms with Crippen molar-refractivity contribution in [3.8, 4) is 5.75 Å². The molecular weight excluding hydrogens is 378 g/mol. The maximum absolute atomic E-state index is 11.2. The van der Waals surface area contributed by atoms with Crippen molar-refractivity contribution in [2.45, 2.75) is 25.7 Å². The highest BCUT2D eigenvalue weighted by Crippen LogP contribution is 2.42. The van der Waals surface area contributed by atoms with Crippen molar-refractivity contribution in [3.63, 3.8) is 0 Å². The molecule has 3 aromatic carbocycles. The second kappa shape index (κ2) is 9.58. The van der Waals surface area contributed by atoms with E-state index in [1.54, 1.807) is 0 Å². The first-order chi connectivity index (χ1) is 14.1. The molecule has 0 radical (unpaired) electrons. The lowest BCUT2D eigenvalue weighted by Gasteiger charge is -2.22. The lowest BCUT2D eigenvalue weighted by atomic mass is 9.83. The highest BCUT2D eigenvalue weighted by atomic mass is 35.5. The van der Waals surface area contributed by atoms with Crippen molar-refractivity contribution in [2.24, 2.45) is 4.99 Å². The van der Waals surface area contributed by atoms with Gasteiger partial charge in [0.25, 0.3) is 0 Å². The van der Waals surface area contributed by atoms with Crippen LogP contribution in [0.15, 0.2) is 78.8 Å². The molecule has 2 nitrogen and oxygen atoms in total. The van der Waals surface area contributed by atoms with Gasteiger partial charge in [0.2, 0.25) is 0 Å². The number of nitrogens with zero attached hydrogens (tertiary/aromatic N) is 1. The van der Waals surface area contributed by atoms with E-state index >= 15 is 0 Å². The molecule has 0 fully saturated rings. The van der Waals surface area contributed by atoms with Gasteiger partial charge in [-0.1, -0.05) is 73.3 Å². The summed E-state index contributed by atoms with van der Waals surface area (Å²) in [6.45, 7) is 10.6. The fraction of sp³-hybridized carbons (Fsp3) is 0.192. The molecule has 0 aliphatic carbocycles. The zero-order valence-corrected chi connectivity index (χ0v) is 17.5. The SMILES string of the molecule is C=CC(CCC(c1ccccc1Cl)c1cc(C=C)c2ccccc2c1O)=NCC. The van der Waals surface area contributed by atoms with E-state index in [-0.39, 0.29) is 5.92 Å². The summed E-state index contributed by atoms with van der Waals surface area (Å²) >= 11 is 6.57. The summed E-state index contributed by atoms with van der Waals surface area (Å²) in [7, 11) is 0. The number of aromatic hydroxyl groups is 1. The van der Waals surface area contributed by atoms with E-state index in [9.17, 15) is 5.11 Å². The van der Waals surface area contributed by atoms with Gasteiger partial charge < -0.3 is 5.11 Å². The fourth-order valence-corrected chi connectivity index (χ4v) is 4.09. The second-order valence-corrected chi connectivity index (χ2v) is 7.34. The average Bonchev–Trinajstić information content (AvgIpc) is 2.75. The van der Waals surface area contributed by atoms with Gasteiger partial charge in [-0.05, 0) is 54.5 Å². The molecule has 0 saturated carbocycles. The van der Waals surface area contributed by atoms with Gasteiger partial charge in [0, 0.05) is 34.1 Å². The lowest BCUT2D eigenvalue weighted by molar-refractivity contribution is 0.469. The number of rotatable bonds is 8. The summed E-state index contributed by atoms with van der Waals surface area (Å²) in [4.78, 5) is 4.52. The Morgan fingerprint density at radius 1 is 1.07 bits per heavy atom. The third kappa shape index (κ3) is 4.44. The summed E-state index contributed by atoms with van der Waals surface area (Å²) < 4.78 is 0. The highest BCUT2D eigenvalue weighted by Gasteiger charge is 2.22. The van der Waals surface area contributed by atoms with Crippen molar-refractivity contribution in [1.82, 2.24) is 0 Å². The average molecular weight is 404 g/mol. The number of hydrogen-bond donors (Lipinski definition) is 1. The van der Waals surface area contributed by atoms with Crippen LogP contribution < -0.4 is 0 Å². The van der Waals surface area contributed by atoms with Crippen LogP contribution in [0.1, 0.15) is 42.4 Å². The molecule has 3 rings (SSSR count). The van der Waals surface area contributed by atoms with Crippen molar-refractivity contribution >= 4 is 34.2 Å². The molecule has 148 valence electrons. The predicted molar refractivity (Wildman–Crippen MR) is 126 cm³/mol. The van der Waals surface area contributed by atoms with Crippen LogP contribution in [-0.4, -0.2) is 17.4 Å². The smallest absolute Gasteiger partial charge is 0.127 e. The van der Waals surface area contributed by atoms with Crippen LogP contribution >= 0.6 is 11.6 Å². The number of benzene rings is 3. The Balaban J connectivity index is 2.17. The quantitative estimate of drug-likeness (QED) is 0.390. The van der Waals surface area contributed by atoms with E-state index in [0.717, 1.165) is 52.6 Å². The minimum absolute atomic E-state index is 0.0750. The molecule has 1 atom stereocenters. The first-order valence-corrected chi connectivity index (χ1v) is 10.3. The van der Waals surface area contributed by atoms with Gasteiger partial charge in [0.05, 0.1) is 0 Å². The monoisotopic (exact) mass is 403 g/mol. The van der Waals surface area contributed by atoms with Gasteiger partial charge in [-0.3, -0.25) is 4.99 Å². The van der Waals surface area contributed by atoms with Crippen molar-refractivity contribution in [3.05, 3.63) is 95.5 Å². The van der Waals surface area contributed by atoms with E-state index in [4.69, 9.17) is 11.6 Å². The normalized spacial score (nSPS) is 12.7. The van der Waals surface area contributed by atoms with Crippen LogP contribution in [0.25, 0.3) is 16.8 Å². The van der Waals surface area contributed by atoms with E-state index in [2.05, 4.69) is 18.2 Å². The summed E-state index contributed by atoms with van der Waals surface area (Å²) in [6.07, 6.45) is 5.16. The van der Waals surface area contributed by atoms with Gasteiger partial charge >= 0.3 is 0 Å². The van der Waals surface area contributed by atoms with Gasteiger partial charge in [-0.15, -0.1) is 0 Å². The molecule has 1 N–H and O–H groups in total. The number of phenolic OH excluding ortho intramolecular Hbond substituents is 1. The Kier molecular flexibility index (Phi) is 6.90. The van der Waals surface area contributed by atoms with Gasteiger partial charge in [-0.2, -0.15) is 0 Å². The Hall–Kier alpha value is -2.84. The number of fused-ring (bicyclic) bond motifs is 1. The summed E-state index contributed by atoms with van der Waals surface area (Å²) in [6, 6.07) is 17.7. The second-order valence-electron chi connectivity index (χ2n) is 6.94. The maximum Gasteiger partial charge on any atom is 0.127 e. The molecule has 0 amide bonds. The minimum atomic E-state index is -0.0750. The molecule has 0 saturated heterocycles. The van der Waals surface area contributed by atoms with Crippen molar-refractivity contribution in [1.29, 1.82) is 0 Å². The highest BCUT2D eigenvalue weighted by molar-refractivity contribution is 6.31. The fourth-order valence-electron chi connectivity index (χ4n) is 3.82. The van der Waals surface area contributed by atoms with Crippen LogP contribution in [0.5, 0.6) is 5.75 Å². The minimum Gasteiger partial charge on any atom is -0.507 e. The molecule has 29 heavy (non-hydrogen) atoms. The first kappa shape index (κ1) is 20.9. The van der Waals surface area contributed by atoms with Gasteiger partial charge in [0.15, 0.2) is 0 Å². The maximum atomic E-state index is 11.2. The molecule has 0 aliphatic rings. The standard InChI is InChI=1S/C26H26ClNO/c1-4-18-17-24(26(29)23-13-8-7-11-20(18)23)21(16-15-19(5-2)28-6-3)22-12-9-10-14-25(22)27/h4-5,7-14,17,21,29H,1-2,6,15-16H2,3H3. The zero-order valence-electron chi connectivity index (χ0n) is 16.7. The molecular formula is C26H26ClNO. The van der Waals surface area contributed by atoms with Crippen LogP contribution in [0, 0.1) is 0 Å². The third-order valence-corrected chi connectivity index (χ3v) is 5.58. The molecule has 3 heteroatoms. The number of allylic oxidation sites excluding steroid dienone is 1. The third-order valence-electron chi connectivity index (χ3n) is 5.24. The van der Waals surface area contributed by atoms with Crippen LogP contribution in [0.3, 0.4) is 0 Å². The summed E-state index contributed by atoms with van der Waals surface area (Å²) in [5, 5.41) is 13.7. The summed E-state index contributed by atoms with van der Waals surface area (Å²) in [5.41, 5.74) is 3.81. The number of aliphatic imine (C=N–C) groups is 1. The molecule has 0 aromatic heterocycles. The lowest BCUT2D eigenvalue weighted by Crippen LogP contribution is -2.07. The van der Waals surface area contributed by atoms with E-state index in [0.29, 0.717) is 10.8 Å². The van der Waals surface area contributed by atoms with Gasteiger partial charge in [-0.25, -0.2) is 0 Å². The Bertz CT molecular complexity index is 1070. The predicted octanol–water partition coefficient (Wildman–Crippen LogP) is 7.40.